The van der Waals surface area contributed by atoms with Gasteiger partial charge in [-0.15, -0.1) is 0 Å². The molecule has 7 heteroatoms. The van der Waals surface area contributed by atoms with Crippen molar-refractivity contribution in [3.63, 3.8) is 0 Å². The average molecular weight is 431 g/mol. The second-order valence-corrected chi connectivity index (χ2v) is 9.68. The van der Waals surface area contributed by atoms with E-state index >= 15 is 0 Å². The maximum Gasteiger partial charge on any atom is 0.191 e. The quantitative estimate of drug-likeness (QED) is 0.473. The Morgan fingerprint density at radius 2 is 1.80 bits per heavy atom. The van der Waals surface area contributed by atoms with Crippen molar-refractivity contribution in [2.75, 3.05) is 26.4 Å². The van der Waals surface area contributed by atoms with Crippen LogP contribution in [-0.2, 0) is 22.9 Å². The minimum atomic E-state index is -3.20. The first kappa shape index (κ1) is 23.9. The minimum absolute atomic E-state index is 0.324. The fourth-order valence-electron chi connectivity index (χ4n) is 3.17. The highest BCUT2D eigenvalue weighted by molar-refractivity contribution is 7.90. The standard InChI is InChI=1S/C23H34N4O2S/c1-6-24-23(25-15-19(3)27(4)17-20-10-8-7-9-11-20)26-16-21-12-13-22(18(2)14-21)30(5,28)29/h7-14,19H,6,15-17H2,1-5H3,(H2,24,25,26). The zero-order valence-electron chi connectivity index (χ0n) is 18.6. The zero-order valence-corrected chi connectivity index (χ0v) is 19.5. The van der Waals surface area contributed by atoms with Gasteiger partial charge in [-0.1, -0.05) is 42.5 Å². The molecule has 2 N–H and O–H groups in total. The van der Waals surface area contributed by atoms with Gasteiger partial charge in [0.05, 0.1) is 11.4 Å². The number of sulfone groups is 1. The second kappa shape index (κ2) is 11.1. The van der Waals surface area contributed by atoms with Crippen molar-refractivity contribution in [1.29, 1.82) is 0 Å². The van der Waals surface area contributed by atoms with E-state index in [0.29, 0.717) is 17.5 Å². The molecular formula is C23H34N4O2S. The van der Waals surface area contributed by atoms with Gasteiger partial charge in [-0.3, -0.25) is 4.90 Å². The number of aryl methyl sites for hydroxylation is 1. The number of nitrogens with zero attached hydrogens (tertiary/aromatic N) is 2. The van der Waals surface area contributed by atoms with Gasteiger partial charge in [0.2, 0.25) is 0 Å². The van der Waals surface area contributed by atoms with Crippen LogP contribution in [0.3, 0.4) is 0 Å². The topological polar surface area (TPSA) is 73.8 Å². The van der Waals surface area contributed by atoms with Crippen LogP contribution in [0.1, 0.15) is 30.5 Å². The first-order valence-corrected chi connectivity index (χ1v) is 12.2. The highest BCUT2D eigenvalue weighted by atomic mass is 32.2. The summed E-state index contributed by atoms with van der Waals surface area (Å²) in [6.45, 7) is 8.95. The molecule has 0 amide bonds. The summed E-state index contributed by atoms with van der Waals surface area (Å²) in [4.78, 5) is 7.33. The van der Waals surface area contributed by atoms with E-state index in [1.807, 2.05) is 32.0 Å². The van der Waals surface area contributed by atoms with E-state index in [9.17, 15) is 8.42 Å². The van der Waals surface area contributed by atoms with Gasteiger partial charge in [-0.25, -0.2) is 13.4 Å². The van der Waals surface area contributed by atoms with Gasteiger partial charge in [-0.05, 0) is 50.6 Å². The maximum atomic E-state index is 11.8. The molecular weight excluding hydrogens is 396 g/mol. The zero-order chi connectivity index (χ0) is 22.1. The van der Waals surface area contributed by atoms with E-state index in [2.05, 4.69) is 58.8 Å². The molecule has 2 rings (SSSR count). The number of benzene rings is 2. The van der Waals surface area contributed by atoms with Crippen LogP contribution in [0.4, 0.5) is 0 Å². The Morgan fingerprint density at radius 3 is 2.40 bits per heavy atom. The van der Waals surface area contributed by atoms with E-state index in [-0.39, 0.29) is 0 Å². The molecule has 2 aromatic rings. The van der Waals surface area contributed by atoms with E-state index in [1.165, 1.54) is 11.8 Å². The lowest BCUT2D eigenvalue weighted by atomic mass is 10.1. The smallest absolute Gasteiger partial charge is 0.191 e. The third-order valence-corrected chi connectivity index (χ3v) is 6.25. The number of rotatable bonds is 9. The Kier molecular flexibility index (Phi) is 8.87. The van der Waals surface area contributed by atoms with E-state index in [0.717, 1.165) is 36.7 Å². The van der Waals surface area contributed by atoms with Crippen molar-refractivity contribution in [2.45, 2.75) is 44.8 Å². The molecule has 0 radical (unpaired) electrons. The lowest BCUT2D eigenvalue weighted by Crippen LogP contribution is -2.44. The molecule has 0 aliphatic rings. The molecule has 0 aliphatic carbocycles. The predicted octanol–water partition coefficient (Wildman–Crippen LogP) is 2.97. The fourth-order valence-corrected chi connectivity index (χ4v) is 4.12. The molecule has 164 valence electrons. The van der Waals surface area contributed by atoms with E-state index in [4.69, 9.17) is 0 Å². The number of likely N-dealkylation sites (N-methyl/N-ethyl adjacent to an activating group) is 1. The third kappa shape index (κ3) is 7.46. The Bertz CT molecular complexity index is 943. The first-order valence-electron chi connectivity index (χ1n) is 10.3. The molecule has 0 aromatic heterocycles. The number of hydrogen-bond acceptors (Lipinski definition) is 4. The van der Waals surface area contributed by atoms with Gasteiger partial charge in [0.15, 0.2) is 15.8 Å². The van der Waals surface area contributed by atoms with Gasteiger partial charge in [0, 0.05) is 31.9 Å². The maximum absolute atomic E-state index is 11.8. The van der Waals surface area contributed by atoms with E-state index < -0.39 is 9.84 Å². The molecule has 0 aliphatic heterocycles. The molecule has 1 atom stereocenters. The Hall–Kier alpha value is -2.38. The first-order chi connectivity index (χ1) is 14.2. The van der Waals surface area contributed by atoms with Crippen molar-refractivity contribution in [1.82, 2.24) is 15.5 Å². The molecule has 1 unspecified atom stereocenters. The van der Waals surface area contributed by atoms with Crippen molar-refractivity contribution in [3.8, 4) is 0 Å². The minimum Gasteiger partial charge on any atom is -0.357 e. The van der Waals surface area contributed by atoms with Crippen molar-refractivity contribution < 1.29 is 8.42 Å². The molecule has 0 bridgehead atoms. The number of hydrogen-bond donors (Lipinski definition) is 2. The van der Waals surface area contributed by atoms with E-state index in [1.54, 1.807) is 6.07 Å². The second-order valence-electron chi connectivity index (χ2n) is 7.70. The summed E-state index contributed by atoms with van der Waals surface area (Å²) in [5.74, 6) is 0.752. The number of nitrogens with one attached hydrogen (secondary N) is 2. The third-order valence-electron chi connectivity index (χ3n) is 4.99. The summed E-state index contributed by atoms with van der Waals surface area (Å²) in [5.41, 5.74) is 3.02. The van der Waals surface area contributed by atoms with Crippen LogP contribution in [0.2, 0.25) is 0 Å². The normalized spacial score (nSPS) is 13.3. The molecule has 0 saturated heterocycles. The highest BCUT2D eigenvalue weighted by Gasteiger charge is 2.12. The highest BCUT2D eigenvalue weighted by Crippen LogP contribution is 2.17. The molecule has 0 fully saturated rings. The lowest BCUT2D eigenvalue weighted by Gasteiger charge is -2.25. The predicted molar refractivity (Wildman–Crippen MR) is 124 cm³/mol. The van der Waals surface area contributed by atoms with Crippen molar-refractivity contribution in [2.24, 2.45) is 4.99 Å². The van der Waals surface area contributed by atoms with Gasteiger partial charge >= 0.3 is 0 Å². The number of aliphatic imine (C=N–C) groups is 1. The summed E-state index contributed by atoms with van der Waals surface area (Å²) in [5, 5.41) is 6.68. The average Bonchev–Trinajstić information content (AvgIpc) is 2.69. The van der Waals surface area contributed by atoms with Crippen LogP contribution in [0.5, 0.6) is 0 Å². The van der Waals surface area contributed by atoms with Crippen LogP contribution in [0, 0.1) is 6.92 Å². The monoisotopic (exact) mass is 430 g/mol. The van der Waals surface area contributed by atoms with Crippen LogP contribution in [0.25, 0.3) is 0 Å². The molecule has 0 spiro atoms. The molecule has 0 saturated carbocycles. The molecule has 0 heterocycles. The fraction of sp³-hybridized carbons (Fsp3) is 0.435. The van der Waals surface area contributed by atoms with Crippen molar-refractivity contribution in [3.05, 3.63) is 65.2 Å². The summed E-state index contributed by atoms with van der Waals surface area (Å²) in [7, 11) is -1.08. The SMILES string of the molecule is CCNC(=NCc1ccc(S(C)(=O)=O)c(C)c1)NCC(C)N(C)Cc1ccccc1. The lowest BCUT2D eigenvalue weighted by molar-refractivity contribution is 0.249. The number of guanidine groups is 1. The van der Waals surface area contributed by atoms with Gasteiger partial charge in [-0.2, -0.15) is 0 Å². The van der Waals surface area contributed by atoms with Gasteiger partial charge < -0.3 is 10.6 Å². The Balaban J connectivity index is 1.96. The summed E-state index contributed by atoms with van der Waals surface area (Å²) >= 11 is 0. The van der Waals surface area contributed by atoms with Crippen LogP contribution < -0.4 is 10.6 Å². The van der Waals surface area contributed by atoms with Crippen LogP contribution in [-0.4, -0.2) is 51.7 Å². The summed E-state index contributed by atoms with van der Waals surface area (Å²) in [6.07, 6.45) is 1.23. The largest absolute Gasteiger partial charge is 0.357 e. The van der Waals surface area contributed by atoms with Gasteiger partial charge in [0.25, 0.3) is 0 Å². The Morgan fingerprint density at radius 1 is 1.10 bits per heavy atom. The summed E-state index contributed by atoms with van der Waals surface area (Å²) in [6, 6.07) is 16.1. The molecule has 2 aromatic carbocycles. The van der Waals surface area contributed by atoms with Gasteiger partial charge in [0.1, 0.15) is 0 Å². The van der Waals surface area contributed by atoms with Crippen LogP contribution in [0.15, 0.2) is 58.4 Å². The van der Waals surface area contributed by atoms with Crippen LogP contribution >= 0.6 is 0 Å². The van der Waals surface area contributed by atoms with Crippen molar-refractivity contribution >= 4 is 15.8 Å². The molecule has 30 heavy (non-hydrogen) atoms. The summed E-state index contributed by atoms with van der Waals surface area (Å²) < 4.78 is 23.6. The molecule has 6 nitrogen and oxygen atoms in total. The Labute approximate surface area is 181 Å².